The van der Waals surface area contributed by atoms with Gasteiger partial charge in [0.05, 0.1) is 11.6 Å². The molecule has 0 spiro atoms. The van der Waals surface area contributed by atoms with E-state index >= 15 is 0 Å². The van der Waals surface area contributed by atoms with E-state index in [2.05, 4.69) is 0 Å². The van der Waals surface area contributed by atoms with Gasteiger partial charge in [0.15, 0.2) is 0 Å². The van der Waals surface area contributed by atoms with Crippen molar-refractivity contribution in [2.75, 3.05) is 6.61 Å². The fourth-order valence-electron chi connectivity index (χ4n) is 1.15. The number of hydrogen-bond acceptors (Lipinski definition) is 3. The Morgan fingerprint density at radius 1 is 1.31 bits per heavy atom. The third kappa shape index (κ3) is 3.29. The first-order valence-corrected chi connectivity index (χ1v) is 5.66. The molecule has 0 atom stereocenters. The summed E-state index contributed by atoms with van der Waals surface area (Å²) in [5, 5.41) is 18.8. The van der Waals surface area contributed by atoms with E-state index < -0.39 is 7.12 Å². The van der Waals surface area contributed by atoms with Gasteiger partial charge in [-0.2, -0.15) is 0 Å². The van der Waals surface area contributed by atoms with Crippen LogP contribution in [-0.4, -0.2) is 23.8 Å². The lowest BCUT2D eigenvalue weighted by Crippen LogP contribution is -2.32. The van der Waals surface area contributed by atoms with Crippen molar-refractivity contribution in [2.45, 2.75) is 13.8 Å². The van der Waals surface area contributed by atoms with Crippen molar-refractivity contribution < 1.29 is 14.8 Å². The van der Waals surface area contributed by atoms with Gasteiger partial charge in [-0.25, -0.2) is 0 Å². The van der Waals surface area contributed by atoms with Crippen LogP contribution < -0.4 is 10.2 Å². The van der Waals surface area contributed by atoms with Crippen LogP contribution in [0, 0.1) is 5.92 Å². The number of benzene rings is 1. The molecule has 0 aliphatic rings. The van der Waals surface area contributed by atoms with Crippen LogP contribution in [0.4, 0.5) is 0 Å². The van der Waals surface area contributed by atoms with Gasteiger partial charge in [0.1, 0.15) is 10.8 Å². The molecule has 0 amide bonds. The van der Waals surface area contributed by atoms with E-state index in [-0.39, 0.29) is 16.2 Å². The molecule has 0 radical (unpaired) electrons. The molecule has 1 aromatic carbocycles. The predicted octanol–water partition coefficient (Wildman–Crippen LogP) is 1.71. The van der Waals surface area contributed by atoms with E-state index in [1.165, 1.54) is 12.1 Å². The van der Waals surface area contributed by atoms with Crippen molar-refractivity contribution in [3.8, 4) is 5.75 Å². The first-order chi connectivity index (χ1) is 7.43. The van der Waals surface area contributed by atoms with E-state index in [1.54, 1.807) is 0 Å². The van der Waals surface area contributed by atoms with Crippen LogP contribution in [-0.2, 0) is 0 Å². The van der Waals surface area contributed by atoms with Crippen LogP contribution in [0.15, 0.2) is 12.1 Å². The molecular formula is C10H13BCl2O3. The lowest BCUT2D eigenvalue weighted by atomic mass is 9.79. The second-order valence-electron chi connectivity index (χ2n) is 3.86. The Labute approximate surface area is 105 Å². The monoisotopic (exact) mass is 262 g/mol. The number of rotatable bonds is 4. The van der Waals surface area contributed by atoms with Crippen LogP contribution >= 0.6 is 23.2 Å². The summed E-state index contributed by atoms with van der Waals surface area (Å²) in [4.78, 5) is 0. The Bertz CT molecular complexity index is 369. The van der Waals surface area contributed by atoms with Crippen LogP contribution in [0.25, 0.3) is 0 Å². The largest absolute Gasteiger partial charge is 0.492 e. The minimum absolute atomic E-state index is 0.202. The Hall–Kier alpha value is -0.415. The van der Waals surface area contributed by atoms with Crippen molar-refractivity contribution in [1.29, 1.82) is 0 Å². The Morgan fingerprint density at radius 2 is 1.94 bits per heavy atom. The van der Waals surface area contributed by atoms with Gasteiger partial charge in [0, 0.05) is 5.46 Å². The highest BCUT2D eigenvalue weighted by Crippen LogP contribution is 2.30. The van der Waals surface area contributed by atoms with Crippen molar-refractivity contribution >= 4 is 35.8 Å². The van der Waals surface area contributed by atoms with Gasteiger partial charge >= 0.3 is 7.12 Å². The van der Waals surface area contributed by atoms with Crippen molar-refractivity contribution in [3.05, 3.63) is 22.2 Å². The highest BCUT2D eigenvalue weighted by molar-refractivity contribution is 6.61. The average Bonchev–Trinajstić information content (AvgIpc) is 2.19. The lowest BCUT2D eigenvalue weighted by molar-refractivity contribution is 0.272. The molecule has 0 aliphatic heterocycles. The molecule has 88 valence electrons. The number of halogens is 2. The molecule has 1 rings (SSSR count). The van der Waals surface area contributed by atoms with Crippen molar-refractivity contribution in [2.24, 2.45) is 5.92 Å². The molecule has 0 aliphatic carbocycles. The molecule has 0 saturated carbocycles. The topological polar surface area (TPSA) is 49.7 Å². The summed E-state index contributed by atoms with van der Waals surface area (Å²) in [6, 6.07) is 2.98. The predicted molar refractivity (Wildman–Crippen MR) is 66.6 cm³/mol. The standard InChI is InChI=1S/C10H13BCl2O3/c1-6(2)5-16-10-7(11(14)15)3-4-8(12)9(10)13/h3-4,6,14-15H,5H2,1-2H3. The molecular weight excluding hydrogens is 250 g/mol. The van der Waals surface area contributed by atoms with Crippen molar-refractivity contribution in [1.82, 2.24) is 0 Å². The first kappa shape index (κ1) is 13.6. The molecule has 0 saturated heterocycles. The van der Waals surface area contributed by atoms with Crippen LogP contribution in [0.2, 0.25) is 10.0 Å². The Morgan fingerprint density at radius 3 is 2.44 bits per heavy atom. The van der Waals surface area contributed by atoms with E-state index in [9.17, 15) is 0 Å². The van der Waals surface area contributed by atoms with Crippen LogP contribution in [0.3, 0.4) is 0 Å². The van der Waals surface area contributed by atoms with Crippen LogP contribution in [0.1, 0.15) is 13.8 Å². The van der Waals surface area contributed by atoms with E-state index in [4.69, 9.17) is 38.0 Å². The summed E-state index contributed by atoms with van der Waals surface area (Å²) >= 11 is 11.8. The zero-order valence-electron chi connectivity index (χ0n) is 9.08. The molecule has 0 aromatic heterocycles. The lowest BCUT2D eigenvalue weighted by Gasteiger charge is -2.15. The van der Waals surface area contributed by atoms with E-state index in [0.717, 1.165) is 0 Å². The third-order valence-corrected chi connectivity index (χ3v) is 2.71. The quantitative estimate of drug-likeness (QED) is 0.813. The normalized spacial score (nSPS) is 10.7. The summed E-state index contributed by atoms with van der Waals surface area (Å²) in [5.41, 5.74) is 0.218. The van der Waals surface area contributed by atoms with Crippen molar-refractivity contribution in [3.63, 3.8) is 0 Å². The number of hydrogen-bond donors (Lipinski definition) is 2. The van der Waals surface area contributed by atoms with Gasteiger partial charge in [0.25, 0.3) is 0 Å². The molecule has 6 heteroatoms. The maximum absolute atomic E-state index is 9.16. The summed E-state index contributed by atoms with van der Waals surface area (Å²) in [6.45, 7) is 4.39. The molecule has 3 nitrogen and oxygen atoms in total. The molecule has 1 aromatic rings. The van der Waals surface area contributed by atoms with Gasteiger partial charge in [-0.3, -0.25) is 0 Å². The summed E-state index contributed by atoms with van der Waals surface area (Å²) in [5.74, 6) is 0.539. The summed E-state index contributed by atoms with van der Waals surface area (Å²) in [7, 11) is -1.63. The van der Waals surface area contributed by atoms with Gasteiger partial charge in [-0.1, -0.05) is 43.1 Å². The maximum Gasteiger partial charge on any atom is 0.492 e. The molecule has 0 heterocycles. The second-order valence-corrected chi connectivity index (χ2v) is 4.64. The minimum Gasteiger partial charge on any atom is -0.492 e. The fraction of sp³-hybridized carbons (Fsp3) is 0.400. The van der Waals surface area contributed by atoms with Gasteiger partial charge in [-0.05, 0) is 12.0 Å². The number of ether oxygens (including phenoxy) is 1. The Kier molecular flexibility index (Phi) is 4.93. The molecule has 0 bridgehead atoms. The summed E-state index contributed by atoms with van der Waals surface area (Å²) in [6.07, 6.45) is 0. The fourth-order valence-corrected chi connectivity index (χ4v) is 1.52. The SMILES string of the molecule is CC(C)COc1c(B(O)O)ccc(Cl)c1Cl. The third-order valence-electron chi connectivity index (χ3n) is 1.92. The highest BCUT2D eigenvalue weighted by Gasteiger charge is 2.21. The smallest absolute Gasteiger partial charge is 0.492 e. The molecule has 16 heavy (non-hydrogen) atoms. The Balaban J connectivity index is 3.06. The average molecular weight is 263 g/mol. The molecule has 2 N–H and O–H groups in total. The van der Waals surface area contributed by atoms with E-state index in [1.807, 2.05) is 13.8 Å². The van der Waals surface area contributed by atoms with E-state index in [0.29, 0.717) is 17.5 Å². The first-order valence-electron chi connectivity index (χ1n) is 4.90. The molecule has 0 fully saturated rings. The van der Waals surface area contributed by atoms with Gasteiger partial charge in [0.2, 0.25) is 0 Å². The summed E-state index contributed by atoms with van der Waals surface area (Å²) < 4.78 is 5.44. The van der Waals surface area contributed by atoms with Crippen LogP contribution in [0.5, 0.6) is 5.75 Å². The zero-order valence-corrected chi connectivity index (χ0v) is 10.6. The van der Waals surface area contributed by atoms with Gasteiger partial charge < -0.3 is 14.8 Å². The zero-order chi connectivity index (χ0) is 12.3. The van der Waals surface area contributed by atoms with Gasteiger partial charge in [-0.15, -0.1) is 0 Å². The minimum atomic E-state index is -1.63. The molecule has 0 unspecified atom stereocenters. The highest BCUT2D eigenvalue weighted by atomic mass is 35.5. The second kappa shape index (κ2) is 5.78. The maximum atomic E-state index is 9.16.